The predicted molar refractivity (Wildman–Crippen MR) is 66.3 cm³/mol. The van der Waals surface area contributed by atoms with Gasteiger partial charge in [0.15, 0.2) is 17.4 Å². The summed E-state index contributed by atoms with van der Waals surface area (Å²) in [6.45, 7) is 0. The molecule has 0 amide bonds. The Balaban J connectivity index is 2.09. The molecule has 0 saturated heterocycles. The van der Waals surface area contributed by atoms with Crippen molar-refractivity contribution in [1.82, 2.24) is 0 Å². The van der Waals surface area contributed by atoms with E-state index in [1.165, 1.54) is 17.4 Å². The van der Waals surface area contributed by atoms with Crippen molar-refractivity contribution in [3.05, 3.63) is 57.8 Å². The van der Waals surface area contributed by atoms with Crippen LogP contribution >= 0.6 is 11.3 Å². The van der Waals surface area contributed by atoms with Gasteiger partial charge in [-0.25, -0.2) is 8.78 Å². The van der Waals surface area contributed by atoms with Gasteiger partial charge in [-0.05, 0) is 29.1 Å². The molecule has 0 aliphatic rings. The minimum Gasteiger partial charge on any atom is -0.317 e. The van der Waals surface area contributed by atoms with E-state index in [-0.39, 0.29) is 12.2 Å². The molecule has 0 bridgehead atoms. The van der Waals surface area contributed by atoms with Crippen molar-refractivity contribution >= 4 is 17.1 Å². The fraction of sp³-hybridized carbons (Fsp3) is 0.154. The van der Waals surface area contributed by atoms with E-state index >= 15 is 0 Å². The summed E-state index contributed by atoms with van der Waals surface area (Å²) in [6, 6.07) is 6.29. The first kappa shape index (κ1) is 12.9. The van der Waals surface area contributed by atoms with Gasteiger partial charge in [0, 0.05) is 11.3 Å². The highest BCUT2D eigenvalue weighted by Crippen LogP contribution is 2.19. The maximum atomic E-state index is 13.0. The third-order valence-corrected chi connectivity index (χ3v) is 3.51. The predicted octanol–water partition coefficient (Wildman–Crippen LogP) is 2.84. The van der Waals surface area contributed by atoms with Gasteiger partial charge >= 0.3 is 0 Å². The highest BCUT2D eigenvalue weighted by atomic mass is 32.1. The number of nitrogens with two attached hydrogens (primary N) is 1. The monoisotopic (exact) mass is 267 g/mol. The van der Waals surface area contributed by atoms with Gasteiger partial charge in [-0.2, -0.15) is 0 Å². The molecule has 0 radical (unpaired) electrons. The molecule has 1 aromatic heterocycles. The van der Waals surface area contributed by atoms with Gasteiger partial charge in [-0.3, -0.25) is 4.79 Å². The Hall–Kier alpha value is -1.59. The molecule has 1 unspecified atom stereocenters. The van der Waals surface area contributed by atoms with Crippen molar-refractivity contribution in [1.29, 1.82) is 0 Å². The normalized spacial score (nSPS) is 12.4. The highest BCUT2D eigenvalue weighted by Gasteiger charge is 2.17. The largest absolute Gasteiger partial charge is 0.317 e. The second-order valence-corrected chi connectivity index (χ2v) is 4.86. The minimum atomic E-state index is -0.954. The van der Waals surface area contributed by atoms with E-state index in [2.05, 4.69) is 0 Å². The molecule has 2 N–H and O–H groups in total. The fourth-order valence-electron chi connectivity index (χ4n) is 1.59. The molecule has 2 rings (SSSR count). The number of rotatable bonds is 4. The van der Waals surface area contributed by atoms with E-state index in [0.29, 0.717) is 5.56 Å². The Morgan fingerprint density at radius 3 is 2.67 bits per heavy atom. The summed E-state index contributed by atoms with van der Waals surface area (Å²) in [5.74, 6) is -2.10. The fourth-order valence-corrected chi connectivity index (χ4v) is 2.34. The van der Waals surface area contributed by atoms with E-state index < -0.39 is 17.7 Å². The summed E-state index contributed by atoms with van der Waals surface area (Å²) in [7, 11) is 0. The molecular weight excluding hydrogens is 256 g/mol. The number of thiophene rings is 1. The summed E-state index contributed by atoms with van der Waals surface area (Å²) in [4.78, 5) is 12.6. The standard InChI is InChI=1S/C13H11F2NOS/c14-9-4-3-8(6-10(9)15)7-11(17)13(16)12-2-1-5-18-12/h1-6,13H,7,16H2. The Morgan fingerprint density at radius 2 is 2.06 bits per heavy atom. The number of carbonyl (C=O) groups is 1. The van der Waals surface area contributed by atoms with Crippen LogP contribution in [0.1, 0.15) is 16.5 Å². The number of Topliss-reactive ketones (excluding diaryl/α,β-unsaturated/α-hetero) is 1. The summed E-state index contributed by atoms with van der Waals surface area (Å²) in [5.41, 5.74) is 6.21. The van der Waals surface area contributed by atoms with Gasteiger partial charge in [-0.15, -0.1) is 11.3 Å². The van der Waals surface area contributed by atoms with Gasteiger partial charge in [0.1, 0.15) is 0 Å². The summed E-state index contributed by atoms with van der Waals surface area (Å²) >= 11 is 1.40. The van der Waals surface area contributed by atoms with Crippen LogP contribution in [-0.2, 0) is 11.2 Å². The van der Waals surface area contributed by atoms with Gasteiger partial charge in [0.05, 0.1) is 6.04 Å². The Morgan fingerprint density at radius 1 is 1.28 bits per heavy atom. The van der Waals surface area contributed by atoms with Crippen LogP contribution in [0.15, 0.2) is 35.7 Å². The first-order valence-corrected chi connectivity index (χ1v) is 6.21. The van der Waals surface area contributed by atoms with E-state index in [1.54, 1.807) is 6.07 Å². The van der Waals surface area contributed by atoms with Crippen LogP contribution in [0.5, 0.6) is 0 Å². The molecule has 94 valence electrons. The molecule has 1 atom stereocenters. The van der Waals surface area contributed by atoms with Crippen LogP contribution in [0.2, 0.25) is 0 Å². The maximum absolute atomic E-state index is 13.0. The molecule has 2 aromatic rings. The third kappa shape index (κ3) is 2.80. The summed E-state index contributed by atoms with van der Waals surface area (Å²) < 4.78 is 25.7. The van der Waals surface area contributed by atoms with Crippen LogP contribution in [0.25, 0.3) is 0 Å². The zero-order valence-electron chi connectivity index (χ0n) is 9.40. The topological polar surface area (TPSA) is 43.1 Å². The van der Waals surface area contributed by atoms with Crippen molar-refractivity contribution in [2.75, 3.05) is 0 Å². The van der Waals surface area contributed by atoms with Gasteiger partial charge in [0.25, 0.3) is 0 Å². The molecule has 18 heavy (non-hydrogen) atoms. The highest BCUT2D eigenvalue weighted by molar-refractivity contribution is 7.10. The summed E-state index contributed by atoms with van der Waals surface area (Å²) in [5, 5.41) is 1.83. The van der Waals surface area contributed by atoms with Crippen molar-refractivity contribution in [3.63, 3.8) is 0 Å². The number of benzene rings is 1. The number of halogens is 2. The lowest BCUT2D eigenvalue weighted by Gasteiger charge is -2.08. The zero-order chi connectivity index (χ0) is 13.1. The maximum Gasteiger partial charge on any atom is 0.159 e. The van der Waals surface area contributed by atoms with E-state index in [4.69, 9.17) is 5.73 Å². The summed E-state index contributed by atoms with van der Waals surface area (Å²) in [6.07, 6.45) is -0.00370. The average Bonchev–Trinajstić information content (AvgIpc) is 2.86. The molecular formula is C13H11F2NOS. The van der Waals surface area contributed by atoms with Crippen molar-refractivity contribution in [2.45, 2.75) is 12.5 Å². The van der Waals surface area contributed by atoms with E-state index in [9.17, 15) is 13.6 Å². The van der Waals surface area contributed by atoms with Gasteiger partial charge < -0.3 is 5.73 Å². The molecule has 0 spiro atoms. The average molecular weight is 267 g/mol. The second kappa shape index (κ2) is 5.37. The van der Waals surface area contributed by atoms with Crippen molar-refractivity contribution < 1.29 is 13.6 Å². The van der Waals surface area contributed by atoms with E-state index in [0.717, 1.165) is 17.0 Å². The van der Waals surface area contributed by atoms with Crippen LogP contribution in [0.3, 0.4) is 0 Å². The van der Waals surface area contributed by atoms with Crippen LogP contribution in [0.4, 0.5) is 8.78 Å². The number of carbonyl (C=O) groups excluding carboxylic acids is 1. The van der Waals surface area contributed by atoms with Crippen LogP contribution < -0.4 is 5.73 Å². The smallest absolute Gasteiger partial charge is 0.159 e. The molecule has 0 aliphatic heterocycles. The van der Waals surface area contributed by atoms with E-state index in [1.807, 2.05) is 11.4 Å². The molecule has 0 aliphatic carbocycles. The van der Waals surface area contributed by atoms with Gasteiger partial charge in [0.2, 0.25) is 0 Å². The molecule has 2 nitrogen and oxygen atoms in total. The molecule has 5 heteroatoms. The number of ketones is 1. The lowest BCUT2D eigenvalue weighted by atomic mass is 10.0. The Labute approximate surface area is 107 Å². The minimum absolute atomic E-state index is 0.00370. The van der Waals surface area contributed by atoms with Crippen LogP contribution in [0, 0.1) is 11.6 Å². The lowest BCUT2D eigenvalue weighted by molar-refractivity contribution is -0.119. The zero-order valence-corrected chi connectivity index (χ0v) is 10.2. The second-order valence-electron chi connectivity index (χ2n) is 3.88. The number of hydrogen-bond donors (Lipinski definition) is 1. The molecule has 1 heterocycles. The molecule has 0 fully saturated rings. The molecule has 0 saturated carbocycles. The Bertz CT molecular complexity index is 554. The first-order chi connectivity index (χ1) is 8.58. The Kier molecular flexibility index (Phi) is 3.84. The van der Waals surface area contributed by atoms with Gasteiger partial charge in [-0.1, -0.05) is 12.1 Å². The SMILES string of the molecule is NC(C(=O)Cc1ccc(F)c(F)c1)c1cccs1. The lowest BCUT2D eigenvalue weighted by Crippen LogP contribution is -2.22. The van der Waals surface area contributed by atoms with Crippen molar-refractivity contribution in [2.24, 2.45) is 5.73 Å². The van der Waals surface area contributed by atoms with Crippen LogP contribution in [-0.4, -0.2) is 5.78 Å². The van der Waals surface area contributed by atoms with Crippen molar-refractivity contribution in [3.8, 4) is 0 Å². The quantitative estimate of drug-likeness (QED) is 0.925. The molecule has 1 aromatic carbocycles. The number of hydrogen-bond acceptors (Lipinski definition) is 3. The first-order valence-electron chi connectivity index (χ1n) is 5.33. The third-order valence-electron chi connectivity index (χ3n) is 2.56.